The lowest BCUT2D eigenvalue weighted by Crippen LogP contribution is -2.43. The molecule has 120 valence electrons. The molecule has 0 aromatic heterocycles. The summed E-state index contributed by atoms with van der Waals surface area (Å²) in [6.07, 6.45) is 0. The molecule has 0 heterocycles. The fourth-order valence-corrected chi connectivity index (χ4v) is 1.91. The molecule has 8 heteroatoms. The van der Waals surface area contributed by atoms with E-state index in [9.17, 15) is 14.4 Å². The van der Waals surface area contributed by atoms with Crippen LogP contribution in [-0.2, 0) is 20.9 Å². The molecule has 1 rings (SSSR count). The number of rotatable bonds is 7. The van der Waals surface area contributed by atoms with Gasteiger partial charge in [0.1, 0.15) is 0 Å². The monoisotopic (exact) mass is 327 g/mol. The average molecular weight is 328 g/mol. The zero-order valence-corrected chi connectivity index (χ0v) is 12.9. The highest BCUT2D eigenvalue weighted by atomic mass is 35.5. The van der Waals surface area contributed by atoms with Gasteiger partial charge in [-0.05, 0) is 24.6 Å². The summed E-state index contributed by atoms with van der Waals surface area (Å²) in [5.41, 5.74) is 5.75. The number of nitrogens with two attached hydrogens (primary N) is 1. The van der Waals surface area contributed by atoms with E-state index in [-0.39, 0.29) is 19.7 Å². The Morgan fingerprint density at radius 2 is 1.86 bits per heavy atom. The topological polar surface area (TPSA) is 102 Å². The Kier molecular flexibility index (Phi) is 7.34. The molecule has 1 aromatic carbocycles. The van der Waals surface area contributed by atoms with Gasteiger partial charge in [-0.2, -0.15) is 0 Å². The SMILES string of the molecule is CCOC(=O)CN(CC(=O)NC(N)=O)Cc1ccc(Cl)cc1. The number of hydrogen-bond acceptors (Lipinski definition) is 5. The van der Waals surface area contributed by atoms with Crippen molar-refractivity contribution in [1.82, 2.24) is 10.2 Å². The zero-order chi connectivity index (χ0) is 16.5. The first kappa shape index (κ1) is 17.9. The molecule has 0 radical (unpaired) electrons. The third-order valence-electron chi connectivity index (χ3n) is 2.61. The highest BCUT2D eigenvalue weighted by Crippen LogP contribution is 2.11. The van der Waals surface area contributed by atoms with Gasteiger partial charge >= 0.3 is 12.0 Å². The Labute approximate surface area is 133 Å². The van der Waals surface area contributed by atoms with Crippen LogP contribution in [0, 0.1) is 0 Å². The number of nitrogens with zero attached hydrogens (tertiary/aromatic N) is 1. The maximum Gasteiger partial charge on any atom is 0.320 e. The van der Waals surface area contributed by atoms with Crippen LogP contribution < -0.4 is 11.1 Å². The molecule has 0 saturated heterocycles. The summed E-state index contributed by atoms with van der Waals surface area (Å²) in [6, 6.07) is 6.05. The van der Waals surface area contributed by atoms with Crippen molar-refractivity contribution in [2.24, 2.45) is 5.73 Å². The van der Waals surface area contributed by atoms with Gasteiger partial charge in [-0.15, -0.1) is 0 Å². The summed E-state index contributed by atoms with van der Waals surface area (Å²) in [5, 5.41) is 2.55. The molecule has 0 fully saturated rings. The van der Waals surface area contributed by atoms with Crippen LogP contribution in [-0.4, -0.2) is 42.5 Å². The van der Waals surface area contributed by atoms with Crippen molar-refractivity contribution in [2.75, 3.05) is 19.7 Å². The first-order valence-electron chi connectivity index (χ1n) is 6.62. The molecule has 1 aromatic rings. The third kappa shape index (κ3) is 7.05. The molecule has 22 heavy (non-hydrogen) atoms. The van der Waals surface area contributed by atoms with Crippen molar-refractivity contribution in [1.29, 1.82) is 0 Å². The maximum absolute atomic E-state index is 11.6. The fourth-order valence-electron chi connectivity index (χ4n) is 1.78. The molecular formula is C14H18ClN3O4. The van der Waals surface area contributed by atoms with E-state index in [1.165, 1.54) is 0 Å². The predicted molar refractivity (Wildman–Crippen MR) is 81.1 cm³/mol. The lowest BCUT2D eigenvalue weighted by molar-refractivity contribution is -0.144. The highest BCUT2D eigenvalue weighted by molar-refractivity contribution is 6.30. The lowest BCUT2D eigenvalue weighted by atomic mass is 10.2. The maximum atomic E-state index is 11.6. The quantitative estimate of drug-likeness (QED) is 0.724. The van der Waals surface area contributed by atoms with Gasteiger partial charge in [-0.3, -0.25) is 19.8 Å². The zero-order valence-electron chi connectivity index (χ0n) is 12.2. The van der Waals surface area contributed by atoms with E-state index in [1.807, 2.05) is 5.32 Å². The number of halogens is 1. The fraction of sp³-hybridized carbons (Fsp3) is 0.357. The Hall–Kier alpha value is -2.12. The molecule has 0 spiro atoms. The van der Waals surface area contributed by atoms with Crippen LogP contribution in [0.3, 0.4) is 0 Å². The van der Waals surface area contributed by atoms with E-state index < -0.39 is 17.9 Å². The van der Waals surface area contributed by atoms with Crippen LogP contribution in [0.15, 0.2) is 24.3 Å². The smallest absolute Gasteiger partial charge is 0.320 e. The molecule has 0 unspecified atom stereocenters. The summed E-state index contributed by atoms with van der Waals surface area (Å²) < 4.78 is 4.87. The first-order valence-corrected chi connectivity index (χ1v) is 7.00. The Bertz CT molecular complexity index is 533. The van der Waals surface area contributed by atoms with Gasteiger partial charge in [0.25, 0.3) is 0 Å². The van der Waals surface area contributed by atoms with Crippen molar-refractivity contribution < 1.29 is 19.1 Å². The predicted octanol–water partition coefficient (Wildman–Crippen LogP) is 0.900. The number of benzene rings is 1. The number of hydrogen-bond donors (Lipinski definition) is 2. The third-order valence-corrected chi connectivity index (χ3v) is 2.86. The van der Waals surface area contributed by atoms with Gasteiger partial charge in [0.15, 0.2) is 0 Å². The average Bonchev–Trinajstić information content (AvgIpc) is 2.40. The molecule has 3 amide bonds. The second-order valence-corrected chi connectivity index (χ2v) is 4.93. The number of amides is 3. The Morgan fingerprint density at radius 3 is 2.41 bits per heavy atom. The molecule has 7 nitrogen and oxygen atoms in total. The number of carbonyl (C=O) groups is 3. The summed E-state index contributed by atoms with van der Waals surface area (Å²) in [5.74, 6) is -1.05. The minimum absolute atomic E-state index is 0.0807. The highest BCUT2D eigenvalue weighted by Gasteiger charge is 2.16. The minimum Gasteiger partial charge on any atom is -0.465 e. The Balaban J connectivity index is 2.71. The van der Waals surface area contributed by atoms with Crippen molar-refractivity contribution in [3.8, 4) is 0 Å². The van der Waals surface area contributed by atoms with Crippen LogP contribution >= 0.6 is 11.6 Å². The van der Waals surface area contributed by atoms with E-state index in [0.717, 1.165) is 5.56 Å². The normalized spacial score (nSPS) is 10.3. The van der Waals surface area contributed by atoms with E-state index in [2.05, 4.69) is 0 Å². The van der Waals surface area contributed by atoms with Gasteiger partial charge in [-0.1, -0.05) is 23.7 Å². The number of esters is 1. The molecular weight excluding hydrogens is 310 g/mol. The number of nitrogens with one attached hydrogen (secondary N) is 1. The molecule has 3 N–H and O–H groups in total. The number of urea groups is 1. The number of imide groups is 1. The van der Waals surface area contributed by atoms with Gasteiger partial charge in [0.05, 0.1) is 19.7 Å². The molecule has 0 aliphatic carbocycles. The van der Waals surface area contributed by atoms with Crippen molar-refractivity contribution >= 4 is 29.5 Å². The van der Waals surface area contributed by atoms with Gasteiger partial charge in [-0.25, -0.2) is 4.79 Å². The van der Waals surface area contributed by atoms with E-state index in [1.54, 1.807) is 36.1 Å². The second kappa shape index (κ2) is 9.01. The van der Waals surface area contributed by atoms with Gasteiger partial charge in [0, 0.05) is 11.6 Å². The van der Waals surface area contributed by atoms with Gasteiger partial charge in [0.2, 0.25) is 5.91 Å². The van der Waals surface area contributed by atoms with Crippen molar-refractivity contribution in [3.05, 3.63) is 34.9 Å². The summed E-state index contributed by atoms with van der Waals surface area (Å²) in [6.45, 7) is 2.03. The van der Waals surface area contributed by atoms with Crippen LogP contribution in [0.25, 0.3) is 0 Å². The molecule has 0 saturated carbocycles. The van der Waals surface area contributed by atoms with Gasteiger partial charge < -0.3 is 10.5 Å². The van der Waals surface area contributed by atoms with E-state index >= 15 is 0 Å². The van der Waals surface area contributed by atoms with Crippen LogP contribution in [0.5, 0.6) is 0 Å². The first-order chi connectivity index (χ1) is 10.4. The van der Waals surface area contributed by atoms with E-state index in [4.69, 9.17) is 22.1 Å². The minimum atomic E-state index is -0.937. The number of ether oxygens (including phenoxy) is 1. The molecule has 0 atom stereocenters. The number of primary amides is 1. The lowest BCUT2D eigenvalue weighted by Gasteiger charge is -2.20. The molecule has 0 aliphatic heterocycles. The van der Waals surface area contributed by atoms with Crippen LogP contribution in [0.4, 0.5) is 4.79 Å². The van der Waals surface area contributed by atoms with Crippen LogP contribution in [0.2, 0.25) is 5.02 Å². The Morgan fingerprint density at radius 1 is 1.23 bits per heavy atom. The second-order valence-electron chi connectivity index (χ2n) is 4.49. The summed E-state index contributed by atoms with van der Waals surface area (Å²) in [7, 11) is 0. The molecule has 0 aliphatic rings. The largest absolute Gasteiger partial charge is 0.465 e. The summed E-state index contributed by atoms with van der Waals surface area (Å²) >= 11 is 5.81. The standard InChI is InChI=1S/C14H18ClN3O4/c1-2-22-13(20)9-18(8-12(19)17-14(16)21)7-10-3-5-11(15)6-4-10/h3-6H,2,7-9H2,1H3,(H3,16,17,19,21). The summed E-state index contributed by atoms with van der Waals surface area (Å²) in [4.78, 5) is 35.4. The molecule has 0 bridgehead atoms. The number of carbonyl (C=O) groups excluding carboxylic acids is 3. The van der Waals surface area contributed by atoms with Crippen molar-refractivity contribution in [2.45, 2.75) is 13.5 Å². The van der Waals surface area contributed by atoms with Crippen LogP contribution in [0.1, 0.15) is 12.5 Å². The van der Waals surface area contributed by atoms with E-state index in [0.29, 0.717) is 11.6 Å². The van der Waals surface area contributed by atoms with Crippen molar-refractivity contribution in [3.63, 3.8) is 0 Å².